The molecule has 1 fully saturated rings. The van der Waals surface area contributed by atoms with Crippen molar-refractivity contribution in [3.63, 3.8) is 0 Å². The van der Waals surface area contributed by atoms with Gasteiger partial charge in [-0.3, -0.25) is 10.00 Å². The van der Waals surface area contributed by atoms with Crippen molar-refractivity contribution in [2.45, 2.75) is 18.9 Å². The summed E-state index contributed by atoms with van der Waals surface area (Å²) < 4.78 is 14.5. The number of hydrogen-bond acceptors (Lipinski definition) is 3. The van der Waals surface area contributed by atoms with Crippen molar-refractivity contribution in [3.8, 4) is 0 Å². The van der Waals surface area contributed by atoms with Crippen LogP contribution in [0, 0.1) is 5.82 Å². The second-order valence-electron chi connectivity index (χ2n) is 5.09. The average molecular weight is 289 g/mol. The summed E-state index contributed by atoms with van der Waals surface area (Å²) in [6.45, 7) is 0.687. The molecule has 1 N–H and O–H groups in total. The van der Waals surface area contributed by atoms with Gasteiger partial charge < -0.3 is 4.90 Å². The molecule has 2 amide bonds. The topological polar surface area (TPSA) is 63.1 Å². The summed E-state index contributed by atoms with van der Waals surface area (Å²) in [6.07, 6.45) is 6.65. The van der Waals surface area contributed by atoms with Crippen LogP contribution in [0.5, 0.6) is 0 Å². The highest BCUT2D eigenvalue weighted by Crippen LogP contribution is 2.31. The van der Waals surface area contributed by atoms with E-state index in [1.54, 1.807) is 15.8 Å². The Balaban J connectivity index is 1.72. The molecule has 3 rings (SSSR count). The second kappa shape index (κ2) is 5.51. The summed E-state index contributed by atoms with van der Waals surface area (Å²) in [5.41, 5.74) is 1.03. The lowest BCUT2D eigenvalue weighted by atomic mass is 10.1. The monoisotopic (exact) mass is 289 g/mol. The first kappa shape index (κ1) is 13.5. The molecular weight excluding hydrogens is 273 g/mol. The largest absolute Gasteiger partial charge is 0.323 e. The van der Waals surface area contributed by atoms with Crippen LogP contribution in [0.15, 0.2) is 30.7 Å². The fourth-order valence-electron chi connectivity index (χ4n) is 2.60. The molecule has 1 atom stereocenters. The van der Waals surface area contributed by atoms with E-state index in [-0.39, 0.29) is 12.1 Å². The van der Waals surface area contributed by atoms with Gasteiger partial charge in [-0.05, 0) is 25.0 Å². The number of urea groups is 1. The third-order valence-electron chi connectivity index (χ3n) is 3.59. The van der Waals surface area contributed by atoms with Crippen molar-refractivity contribution in [1.82, 2.24) is 19.7 Å². The van der Waals surface area contributed by atoms with E-state index in [1.165, 1.54) is 12.1 Å². The van der Waals surface area contributed by atoms with Gasteiger partial charge in [0.05, 0.1) is 18.4 Å². The summed E-state index contributed by atoms with van der Waals surface area (Å²) in [6, 6.07) is 2.52. The van der Waals surface area contributed by atoms with Crippen molar-refractivity contribution in [2.24, 2.45) is 7.05 Å². The zero-order valence-corrected chi connectivity index (χ0v) is 11.7. The number of likely N-dealkylation sites (tertiary alicyclic amines) is 1. The lowest BCUT2D eigenvalue weighted by Gasteiger charge is -2.23. The predicted octanol–water partition coefficient (Wildman–Crippen LogP) is 2.32. The van der Waals surface area contributed by atoms with E-state index < -0.39 is 5.82 Å². The zero-order chi connectivity index (χ0) is 14.8. The number of rotatable bonds is 2. The maximum Gasteiger partial charge on any atom is 0.323 e. The molecular formula is C14H16FN5O. The molecule has 0 aromatic carbocycles. The molecule has 0 radical (unpaired) electrons. The van der Waals surface area contributed by atoms with Crippen LogP contribution in [0.4, 0.5) is 15.0 Å². The number of aromatic nitrogens is 3. The van der Waals surface area contributed by atoms with Gasteiger partial charge in [0, 0.05) is 25.4 Å². The van der Waals surface area contributed by atoms with Crippen molar-refractivity contribution in [2.75, 3.05) is 11.9 Å². The van der Waals surface area contributed by atoms with Gasteiger partial charge in [0.25, 0.3) is 0 Å². The van der Waals surface area contributed by atoms with Gasteiger partial charge in [-0.2, -0.15) is 5.10 Å². The SMILES string of the molecule is Cn1cc([C@@H]2CCCN2C(=O)Nc2ccc(F)cn2)cn1. The van der Waals surface area contributed by atoms with Crippen molar-refractivity contribution >= 4 is 11.8 Å². The normalized spacial score (nSPS) is 18.0. The van der Waals surface area contributed by atoms with Crippen LogP contribution in [0.3, 0.4) is 0 Å². The maximum absolute atomic E-state index is 12.8. The Bertz CT molecular complexity index is 639. The maximum atomic E-state index is 12.8. The number of anilines is 1. The molecule has 1 saturated heterocycles. The number of carbonyl (C=O) groups excluding carboxylic acids is 1. The average Bonchev–Trinajstić information content (AvgIpc) is 3.09. The van der Waals surface area contributed by atoms with Crippen molar-refractivity contribution in [3.05, 3.63) is 42.1 Å². The quantitative estimate of drug-likeness (QED) is 0.923. The van der Waals surface area contributed by atoms with E-state index in [1.807, 2.05) is 13.2 Å². The number of nitrogens with zero attached hydrogens (tertiary/aromatic N) is 4. The Kier molecular flexibility index (Phi) is 3.55. The van der Waals surface area contributed by atoms with Gasteiger partial charge >= 0.3 is 6.03 Å². The first-order valence-corrected chi connectivity index (χ1v) is 6.81. The molecule has 0 aliphatic carbocycles. The van der Waals surface area contributed by atoms with Gasteiger partial charge in [-0.1, -0.05) is 0 Å². The van der Waals surface area contributed by atoms with E-state index in [2.05, 4.69) is 15.4 Å². The Hall–Kier alpha value is -2.44. The van der Waals surface area contributed by atoms with Crippen LogP contribution < -0.4 is 5.32 Å². The number of carbonyl (C=O) groups is 1. The zero-order valence-electron chi connectivity index (χ0n) is 11.7. The molecule has 21 heavy (non-hydrogen) atoms. The van der Waals surface area contributed by atoms with Crippen LogP contribution in [-0.4, -0.2) is 32.2 Å². The molecule has 110 valence electrons. The second-order valence-corrected chi connectivity index (χ2v) is 5.09. The minimum absolute atomic E-state index is 0.0270. The third-order valence-corrected chi connectivity index (χ3v) is 3.59. The number of hydrogen-bond donors (Lipinski definition) is 1. The van der Waals surface area contributed by atoms with Gasteiger partial charge in [0.15, 0.2) is 0 Å². The third kappa shape index (κ3) is 2.86. The summed E-state index contributed by atoms with van der Waals surface area (Å²) in [7, 11) is 1.85. The minimum Gasteiger partial charge on any atom is -0.317 e. The lowest BCUT2D eigenvalue weighted by Crippen LogP contribution is -2.34. The van der Waals surface area contributed by atoms with Gasteiger partial charge in [-0.15, -0.1) is 0 Å². The van der Waals surface area contributed by atoms with Crippen molar-refractivity contribution in [1.29, 1.82) is 0 Å². The summed E-state index contributed by atoms with van der Waals surface area (Å²) in [4.78, 5) is 18.0. The number of halogens is 1. The summed E-state index contributed by atoms with van der Waals surface area (Å²) >= 11 is 0. The highest BCUT2D eigenvalue weighted by Gasteiger charge is 2.30. The Morgan fingerprint density at radius 3 is 2.95 bits per heavy atom. The number of amides is 2. The van der Waals surface area contributed by atoms with Crippen LogP contribution in [-0.2, 0) is 7.05 Å². The molecule has 6 nitrogen and oxygen atoms in total. The molecule has 1 aliphatic heterocycles. The van der Waals surface area contributed by atoms with Crippen molar-refractivity contribution < 1.29 is 9.18 Å². The van der Waals surface area contributed by atoms with Gasteiger partial charge in [0.1, 0.15) is 11.6 Å². The van der Waals surface area contributed by atoms with Crippen LogP contribution in [0.25, 0.3) is 0 Å². The molecule has 0 spiro atoms. The summed E-state index contributed by atoms with van der Waals surface area (Å²) in [5.74, 6) is -0.0827. The fourth-order valence-corrected chi connectivity index (χ4v) is 2.60. The minimum atomic E-state index is -0.428. The first-order valence-electron chi connectivity index (χ1n) is 6.81. The highest BCUT2D eigenvalue weighted by molar-refractivity contribution is 5.88. The number of aryl methyl sites for hydroxylation is 1. The molecule has 2 aromatic heterocycles. The van der Waals surface area contributed by atoms with E-state index in [0.29, 0.717) is 12.4 Å². The fraction of sp³-hybridized carbons (Fsp3) is 0.357. The highest BCUT2D eigenvalue weighted by atomic mass is 19.1. The lowest BCUT2D eigenvalue weighted by molar-refractivity contribution is 0.207. The molecule has 2 aromatic rings. The van der Waals surface area contributed by atoms with E-state index in [0.717, 1.165) is 24.6 Å². The van der Waals surface area contributed by atoms with Gasteiger partial charge in [0.2, 0.25) is 0 Å². The van der Waals surface area contributed by atoms with Crippen LogP contribution in [0.2, 0.25) is 0 Å². The Labute approximate surface area is 121 Å². The summed E-state index contributed by atoms with van der Waals surface area (Å²) in [5, 5.41) is 6.85. The van der Waals surface area contributed by atoms with E-state index >= 15 is 0 Å². The first-order chi connectivity index (χ1) is 10.1. The number of nitrogens with one attached hydrogen (secondary N) is 1. The van der Waals surface area contributed by atoms with E-state index in [9.17, 15) is 9.18 Å². The molecule has 7 heteroatoms. The Morgan fingerprint density at radius 2 is 2.29 bits per heavy atom. The molecule has 0 bridgehead atoms. The molecule has 3 heterocycles. The van der Waals surface area contributed by atoms with E-state index in [4.69, 9.17) is 0 Å². The Morgan fingerprint density at radius 1 is 1.43 bits per heavy atom. The standard InChI is InChI=1S/C14H16FN5O/c1-19-9-10(7-17-19)12-3-2-6-20(12)14(21)18-13-5-4-11(15)8-16-13/h4-5,7-9,12H,2-3,6H2,1H3,(H,16,18,21)/t12-/m0/s1. The van der Waals surface area contributed by atoms with Gasteiger partial charge in [-0.25, -0.2) is 14.2 Å². The van der Waals surface area contributed by atoms with Crippen LogP contribution >= 0.6 is 0 Å². The molecule has 1 aliphatic rings. The molecule has 0 unspecified atom stereocenters. The smallest absolute Gasteiger partial charge is 0.317 e. The number of pyridine rings is 1. The van der Waals surface area contributed by atoms with Crippen LogP contribution in [0.1, 0.15) is 24.4 Å². The molecule has 0 saturated carbocycles. The predicted molar refractivity (Wildman–Crippen MR) is 75.1 cm³/mol.